The molecule has 1 aromatic heterocycles. The molecule has 0 amide bonds. The van der Waals surface area contributed by atoms with Gasteiger partial charge in [0.25, 0.3) is 0 Å². The Hall–Kier alpha value is -2.30. The Morgan fingerprint density at radius 2 is 2.00 bits per heavy atom. The summed E-state index contributed by atoms with van der Waals surface area (Å²) in [5.41, 5.74) is 2.32. The van der Waals surface area contributed by atoms with E-state index in [2.05, 4.69) is 0 Å². The highest BCUT2D eigenvalue weighted by molar-refractivity contribution is 5.67. The zero-order chi connectivity index (χ0) is 14.0. The number of rotatable bonds is 4. The third-order valence-corrected chi connectivity index (χ3v) is 3.07. The smallest absolute Gasteiger partial charge is 0.332 e. The number of para-hydroxylation sites is 1. The molecule has 0 atom stereocenters. The summed E-state index contributed by atoms with van der Waals surface area (Å²) in [6.07, 6.45) is 2.22. The number of aryl methyl sites for hydroxylation is 3. The molecule has 1 N–H and O–H groups in total. The van der Waals surface area contributed by atoms with E-state index < -0.39 is 5.97 Å². The van der Waals surface area contributed by atoms with Crippen molar-refractivity contribution in [3.8, 4) is 5.69 Å². The van der Waals surface area contributed by atoms with Crippen LogP contribution in [0.1, 0.15) is 17.7 Å². The fourth-order valence-electron chi connectivity index (χ4n) is 2.18. The number of nitrogens with zero attached hydrogens (tertiary/aromatic N) is 2. The molecule has 0 fully saturated rings. The molecule has 0 bridgehead atoms. The Morgan fingerprint density at radius 3 is 2.58 bits per heavy atom. The first-order valence-electron chi connectivity index (χ1n) is 6.05. The standard InChI is InChI=1S/C14H16N2O3/c1-10-9-15(2)14(19)16(10)12-6-4-3-5-11(12)7-8-13(17)18/h3-6,9H,7-8H2,1-2H3,(H,17,18). The zero-order valence-corrected chi connectivity index (χ0v) is 11.0. The van der Waals surface area contributed by atoms with Crippen molar-refractivity contribution < 1.29 is 9.90 Å². The lowest BCUT2D eigenvalue weighted by molar-refractivity contribution is -0.136. The molecule has 1 heterocycles. The van der Waals surface area contributed by atoms with E-state index in [0.717, 1.165) is 16.9 Å². The van der Waals surface area contributed by atoms with Gasteiger partial charge in [0.1, 0.15) is 0 Å². The van der Waals surface area contributed by atoms with Crippen molar-refractivity contribution in [3.05, 3.63) is 52.2 Å². The third kappa shape index (κ3) is 2.59. The maximum atomic E-state index is 12.1. The van der Waals surface area contributed by atoms with Gasteiger partial charge < -0.3 is 9.67 Å². The lowest BCUT2D eigenvalue weighted by atomic mass is 10.1. The summed E-state index contributed by atoms with van der Waals surface area (Å²) in [6, 6.07) is 7.39. The van der Waals surface area contributed by atoms with Crippen LogP contribution >= 0.6 is 0 Å². The van der Waals surface area contributed by atoms with Gasteiger partial charge >= 0.3 is 11.7 Å². The van der Waals surface area contributed by atoms with Gasteiger partial charge in [-0.25, -0.2) is 4.79 Å². The molecule has 0 aliphatic heterocycles. The highest BCUT2D eigenvalue weighted by atomic mass is 16.4. The van der Waals surface area contributed by atoms with E-state index in [1.165, 1.54) is 4.57 Å². The summed E-state index contributed by atoms with van der Waals surface area (Å²) < 4.78 is 3.13. The predicted octanol–water partition coefficient (Wildman–Crippen LogP) is 1.50. The lowest BCUT2D eigenvalue weighted by Crippen LogP contribution is -2.22. The van der Waals surface area contributed by atoms with Crippen LogP contribution in [0.3, 0.4) is 0 Å². The van der Waals surface area contributed by atoms with Crippen molar-refractivity contribution in [3.63, 3.8) is 0 Å². The minimum Gasteiger partial charge on any atom is -0.481 e. The van der Waals surface area contributed by atoms with Crippen molar-refractivity contribution in [2.24, 2.45) is 7.05 Å². The first-order chi connectivity index (χ1) is 9.00. The number of hydrogen-bond donors (Lipinski definition) is 1. The largest absolute Gasteiger partial charge is 0.481 e. The Balaban J connectivity index is 2.50. The monoisotopic (exact) mass is 260 g/mol. The Labute approximate surface area is 110 Å². The topological polar surface area (TPSA) is 64.2 Å². The summed E-state index contributed by atoms with van der Waals surface area (Å²) in [7, 11) is 1.70. The Kier molecular flexibility index (Phi) is 3.55. The van der Waals surface area contributed by atoms with Crippen LogP contribution in [0.5, 0.6) is 0 Å². The molecule has 100 valence electrons. The van der Waals surface area contributed by atoms with Crippen LogP contribution in [0.15, 0.2) is 35.3 Å². The quantitative estimate of drug-likeness (QED) is 0.906. The van der Waals surface area contributed by atoms with Crippen molar-refractivity contribution in [2.45, 2.75) is 19.8 Å². The van der Waals surface area contributed by atoms with E-state index in [1.54, 1.807) is 17.8 Å². The van der Waals surface area contributed by atoms with Gasteiger partial charge in [-0.05, 0) is 25.0 Å². The van der Waals surface area contributed by atoms with Gasteiger partial charge in [-0.3, -0.25) is 9.36 Å². The van der Waals surface area contributed by atoms with Gasteiger partial charge in [0.15, 0.2) is 0 Å². The minimum atomic E-state index is -0.841. The number of aliphatic carboxylic acids is 1. The van der Waals surface area contributed by atoms with Gasteiger partial charge in [0.2, 0.25) is 0 Å². The molecule has 2 aromatic rings. The van der Waals surface area contributed by atoms with E-state index in [4.69, 9.17) is 5.11 Å². The number of carbonyl (C=O) groups is 1. The second-order valence-electron chi connectivity index (χ2n) is 4.52. The summed E-state index contributed by atoms with van der Waals surface area (Å²) in [5, 5.41) is 8.78. The van der Waals surface area contributed by atoms with E-state index in [9.17, 15) is 9.59 Å². The van der Waals surface area contributed by atoms with Crippen LogP contribution in [0.2, 0.25) is 0 Å². The highest BCUT2D eigenvalue weighted by Gasteiger charge is 2.12. The molecule has 0 saturated carbocycles. The molecule has 0 aliphatic rings. The molecule has 0 spiro atoms. The zero-order valence-electron chi connectivity index (χ0n) is 11.0. The first-order valence-corrected chi connectivity index (χ1v) is 6.05. The van der Waals surface area contributed by atoms with Gasteiger partial charge in [-0.15, -0.1) is 0 Å². The number of aromatic nitrogens is 2. The maximum Gasteiger partial charge on any atom is 0.332 e. The van der Waals surface area contributed by atoms with Crippen LogP contribution in [0.4, 0.5) is 0 Å². The van der Waals surface area contributed by atoms with Gasteiger partial charge in [0, 0.05) is 25.4 Å². The second kappa shape index (κ2) is 5.14. The van der Waals surface area contributed by atoms with E-state index in [1.807, 2.05) is 31.2 Å². The third-order valence-electron chi connectivity index (χ3n) is 3.07. The molecule has 0 saturated heterocycles. The van der Waals surface area contributed by atoms with Crippen LogP contribution in [0.25, 0.3) is 5.69 Å². The molecular formula is C14H16N2O3. The Bertz CT molecular complexity index is 668. The summed E-state index contributed by atoms with van der Waals surface area (Å²) in [4.78, 5) is 22.8. The molecule has 0 radical (unpaired) electrons. The highest BCUT2D eigenvalue weighted by Crippen LogP contribution is 2.16. The molecule has 0 unspecified atom stereocenters. The molecule has 19 heavy (non-hydrogen) atoms. The fourth-order valence-corrected chi connectivity index (χ4v) is 2.18. The van der Waals surface area contributed by atoms with Crippen molar-refractivity contribution >= 4 is 5.97 Å². The number of hydrogen-bond acceptors (Lipinski definition) is 2. The van der Waals surface area contributed by atoms with Gasteiger partial charge in [0.05, 0.1) is 5.69 Å². The fraction of sp³-hybridized carbons (Fsp3) is 0.286. The van der Waals surface area contributed by atoms with Gasteiger partial charge in [-0.2, -0.15) is 0 Å². The van der Waals surface area contributed by atoms with Crippen LogP contribution < -0.4 is 5.69 Å². The molecule has 0 aliphatic carbocycles. The predicted molar refractivity (Wildman–Crippen MR) is 71.7 cm³/mol. The van der Waals surface area contributed by atoms with Crippen molar-refractivity contribution in [1.29, 1.82) is 0 Å². The number of carboxylic acids is 1. The minimum absolute atomic E-state index is 0.0532. The number of imidazole rings is 1. The first kappa shape index (κ1) is 13.1. The van der Waals surface area contributed by atoms with Crippen LogP contribution in [-0.4, -0.2) is 20.2 Å². The number of benzene rings is 1. The summed E-state index contributed by atoms with van der Waals surface area (Å²) in [5.74, 6) is -0.841. The number of carboxylic acid groups (broad SMARTS) is 1. The van der Waals surface area contributed by atoms with Crippen molar-refractivity contribution in [1.82, 2.24) is 9.13 Å². The van der Waals surface area contributed by atoms with E-state index >= 15 is 0 Å². The van der Waals surface area contributed by atoms with Gasteiger partial charge in [-0.1, -0.05) is 18.2 Å². The molecule has 2 rings (SSSR count). The summed E-state index contributed by atoms with van der Waals surface area (Å²) in [6.45, 7) is 1.86. The van der Waals surface area contributed by atoms with E-state index in [-0.39, 0.29) is 12.1 Å². The molecule has 5 heteroatoms. The summed E-state index contributed by atoms with van der Waals surface area (Å²) >= 11 is 0. The Morgan fingerprint density at radius 1 is 1.32 bits per heavy atom. The molecular weight excluding hydrogens is 244 g/mol. The lowest BCUT2D eigenvalue weighted by Gasteiger charge is -2.10. The SMILES string of the molecule is Cc1cn(C)c(=O)n1-c1ccccc1CCC(=O)O. The maximum absolute atomic E-state index is 12.1. The van der Waals surface area contributed by atoms with Crippen LogP contribution in [-0.2, 0) is 18.3 Å². The average Bonchev–Trinajstić information content (AvgIpc) is 2.61. The second-order valence-corrected chi connectivity index (χ2v) is 4.52. The average molecular weight is 260 g/mol. The van der Waals surface area contributed by atoms with Crippen molar-refractivity contribution in [2.75, 3.05) is 0 Å². The van der Waals surface area contributed by atoms with E-state index in [0.29, 0.717) is 6.42 Å². The normalized spacial score (nSPS) is 10.6. The molecule has 1 aromatic carbocycles. The van der Waals surface area contributed by atoms with Crippen LogP contribution in [0, 0.1) is 6.92 Å². The molecule has 5 nitrogen and oxygen atoms in total.